The third-order valence-corrected chi connectivity index (χ3v) is 4.78. The van der Waals surface area contributed by atoms with Gasteiger partial charge in [0, 0.05) is 11.4 Å². The minimum Gasteiger partial charge on any atom is -0.462 e. The van der Waals surface area contributed by atoms with Crippen molar-refractivity contribution in [3.63, 3.8) is 0 Å². The first kappa shape index (κ1) is 19.6. The third-order valence-electron chi connectivity index (χ3n) is 3.84. The molecule has 1 N–H and O–H groups in total. The number of thioether (sulfide) groups is 1. The van der Waals surface area contributed by atoms with Gasteiger partial charge in [-0.25, -0.2) is 4.79 Å². The maximum Gasteiger partial charge on any atom is 0.338 e. The van der Waals surface area contributed by atoms with E-state index in [-0.39, 0.29) is 17.6 Å². The Balaban J connectivity index is 1.57. The van der Waals surface area contributed by atoms with E-state index in [1.165, 1.54) is 17.3 Å². The first-order valence-corrected chi connectivity index (χ1v) is 9.72. The van der Waals surface area contributed by atoms with E-state index in [0.29, 0.717) is 23.0 Å². The molecule has 0 atom stereocenters. The molecule has 7 nitrogen and oxygen atoms in total. The van der Waals surface area contributed by atoms with Gasteiger partial charge >= 0.3 is 5.97 Å². The summed E-state index contributed by atoms with van der Waals surface area (Å²) in [7, 11) is 0. The van der Waals surface area contributed by atoms with Gasteiger partial charge in [0.1, 0.15) is 6.33 Å². The maximum absolute atomic E-state index is 12.2. The average Bonchev–Trinajstić information content (AvgIpc) is 3.16. The summed E-state index contributed by atoms with van der Waals surface area (Å²) in [4.78, 5) is 23.9. The van der Waals surface area contributed by atoms with Crippen molar-refractivity contribution in [2.24, 2.45) is 0 Å². The van der Waals surface area contributed by atoms with Gasteiger partial charge in [0.05, 0.1) is 17.9 Å². The SMILES string of the molecule is CCOC(=O)c1ccc(NC(=O)CSc2nncn2-c2ccc(C)cc2)cc1. The zero-order chi connectivity index (χ0) is 19.9. The lowest BCUT2D eigenvalue weighted by Gasteiger charge is -2.08. The number of amides is 1. The van der Waals surface area contributed by atoms with Crippen LogP contribution in [0, 0.1) is 6.92 Å². The topological polar surface area (TPSA) is 86.1 Å². The van der Waals surface area contributed by atoms with Gasteiger partial charge < -0.3 is 10.1 Å². The predicted octanol–water partition coefficient (Wildman–Crippen LogP) is 3.48. The largest absolute Gasteiger partial charge is 0.462 e. The van der Waals surface area contributed by atoms with Crippen LogP contribution in [-0.4, -0.2) is 39.0 Å². The van der Waals surface area contributed by atoms with Crippen molar-refractivity contribution in [3.05, 3.63) is 66.0 Å². The summed E-state index contributed by atoms with van der Waals surface area (Å²) >= 11 is 1.30. The van der Waals surface area contributed by atoms with Crippen LogP contribution in [0.3, 0.4) is 0 Å². The molecule has 0 bridgehead atoms. The van der Waals surface area contributed by atoms with Crippen molar-refractivity contribution in [1.29, 1.82) is 0 Å². The number of rotatable bonds is 7. The molecule has 0 spiro atoms. The van der Waals surface area contributed by atoms with Crippen molar-refractivity contribution in [2.45, 2.75) is 19.0 Å². The number of nitrogens with zero attached hydrogens (tertiary/aromatic N) is 3. The maximum atomic E-state index is 12.2. The van der Waals surface area contributed by atoms with Crippen molar-refractivity contribution in [3.8, 4) is 5.69 Å². The smallest absolute Gasteiger partial charge is 0.338 e. The van der Waals surface area contributed by atoms with Crippen LogP contribution < -0.4 is 5.32 Å². The number of aromatic nitrogens is 3. The molecule has 28 heavy (non-hydrogen) atoms. The van der Waals surface area contributed by atoms with Crippen LogP contribution in [0.4, 0.5) is 5.69 Å². The van der Waals surface area contributed by atoms with Crippen LogP contribution in [0.5, 0.6) is 0 Å². The fraction of sp³-hybridized carbons (Fsp3) is 0.200. The number of hydrogen-bond donors (Lipinski definition) is 1. The minimum absolute atomic E-state index is 0.174. The standard InChI is InChI=1S/C20H20N4O3S/c1-3-27-19(26)15-6-8-16(9-7-15)22-18(25)12-28-20-23-21-13-24(20)17-10-4-14(2)5-11-17/h4-11,13H,3,12H2,1-2H3,(H,22,25). The van der Waals surface area contributed by atoms with Crippen molar-refractivity contribution < 1.29 is 14.3 Å². The van der Waals surface area contributed by atoms with E-state index in [4.69, 9.17) is 4.74 Å². The molecule has 0 aliphatic heterocycles. The highest BCUT2D eigenvalue weighted by molar-refractivity contribution is 7.99. The van der Waals surface area contributed by atoms with Crippen LogP contribution in [0.15, 0.2) is 60.0 Å². The Morgan fingerprint density at radius 3 is 2.50 bits per heavy atom. The molecule has 1 heterocycles. The van der Waals surface area contributed by atoms with Crippen molar-refractivity contribution in [1.82, 2.24) is 14.8 Å². The fourth-order valence-electron chi connectivity index (χ4n) is 2.44. The number of aryl methyl sites for hydroxylation is 1. The highest BCUT2D eigenvalue weighted by atomic mass is 32.2. The zero-order valence-electron chi connectivity index (χ0n) is 15.6. The van der Waals surface area contributed by atoms with Gasteiger partial charge in [-0.2, -0.15) is 0 Å². The molecule has 0 aliphatic rings. The van der Waals surface area contributed by atoms with E-state index in [2.05, 4.69) is 15.5 Å². The molecule has 0 fully saturated rings. The summed E-state index contributed by atoms with van der Waals surface area (Å²) in [6.07, 6.45) is 1.62. The predicted molar refractivity (Wildman–Crippen MR) is 108 cm³/mol. The van der Waals surface area contributed by atoms with Gasteiger partial charge in [0.15, 0.2) is 5.16 Å². The number of ether oxygens (including phenoxy) is 1. The Morgan fingerprint density at radius 1 is 1.11 bits per heavy atom. The Bertz CT molecular complexity index is 952. The number of benzene rings is 2. The molecule has 8 heteroatoms. The summed E-state index contributed by atoms with van der Waals surface area (Å²) in [5.74, 6) is -0.372. The van der Waals surface area contributed by atoms with Crippen LogP contribution in [0.25, 0.3) is 5.69 Å². The summed E-state index contributed by atoms with van der Waals surface area (Å²) < 4.78 is 6.78. The fourth-order valence-corrected chi connectivity index (χ4v) is 3.17. The molecular weight excluding hydrogens is 376 g/mol. The second-order valence-corrected chi connectivity index (χ2v) is 6.90. The second kappa shape index (κ2) is 9.18. The van der Waals surface area contributed by atoms with Crippen molar-refractivity contribution in [2.75, 3.05) is 17.7 Å². The molecular formula is C20H20N4O3S. The first-order chi connectivity index (χ1) is 13.6. The van der Waals surface area contributed by atoms with Gasteiger partial charge in [-0.05, 0) is 50.2 Å². The van der Waals surface area contributed by atoms with Crippen LogP contribution in [0.2, 0.25) is 0 Å². The molecule has 0 aliphatic carbocycles. The van der Waals surface area contributed by atoms with Gasteiger partial charge in [-0.3, -0.25) is 9.36 Å². The first-order valence-electron chi connectivity index (χ1n) is 8.73. The highest BCUT2D eigenvalue weighted by Gasteiger charge is 2.11. The second-order valence-electron chi connectivity index (χ2n) is 5.95. The van der Waals surface area contributed by atoms with E-state index in [1.807, 2.05) is 35.8 Å². The lowest BCUT2D eigenvalue weighted by atomic mass is 10.2. The lowest BCUT2D eigenvalue weighted by Crippen LogP contribution is -2.14. The molecule has 2 aromatic carbocycles. The Hall–Kier alpha value is -3.13. The average molecular weight is 396 g/mol. The molecule has 3 aromatic rings. The van der Waals surface area contributed by atoms with Crippen LogP contribution in [-0.2, 0) is 9.53 Å². The Kier molecular flexibility index (Phi) is 6.44. The van der Waals surface area contributed by atoms with E-state index in [9.17, 15) is 9.59 Å². The number of esters is 1. The summed E-state index contributed by atoms with van der Waals surface area (Å²) in [5, 5.41) is 11.5. The molecule has 0 saturated heterocycles. The summed E-state index contributed by atoms with van der Waals surface area (Å²) in [5.41, 5.74) is 3.16. The van der Waals surface area contributed by atoms with Gasteiger partial charge in [0.2, 0.25) is 5.91 Å². The number of anilines is 1. The van der Waals surface area contributed by atoms with Gasteiger partial charge in [0.25, 0.3) is 0 Å². The lowest BCUT2D eigenvalue weighted by molar-refractivity contribution is -0.113. The normalized spacial score (nSPS) is 10.5. The number of carbonyl (C=O) groups is 2. The van der Waals surface area contributed by atoms with E-state index < -0.39 is 0 Å². The van der Waals surface area contributed by atoms with Crippen molar-refractivity contribution >= 4 is 29.3 Å². The number of carbonyl (C=O) groups excluding carboxylic acids is 2. The molecule has 1 aromatic heterocycles. The monoisotopic (exact) mass is 396 g/mol. The van der Waals surface area contributed by atoms with Crippen LogP contribution in [0.1, 0.15) is 22.8 Å². The van der Waals surface area contributed by atoms with Crippen LogP contribution >= 0.6 is 11.8 Å². The molecule has 0 radical (unpaired) electrons. The van der Waals surface area contributed by atoms with Gasteiger partial charge in [-0.1, -0.05) is 29.5 Å². The molecule has 0 saturated carbocycles. The zero-order valence-corrected chi connectivity index (χ0v) is 16.4. The minimum atomic E-state index is -0.383. The number of hydrogen-bond acceptors (Lipinski definition) is 6. The van der Waals surface area contributed by atoms with E-state index >= 15 is 0 Å². The summed E-state index contributed by atoms with van der Waals surface area (Å²) in [6.45, 7) is 4.10. The molecule has 144 valence electrons. The molecule has 0 unspecified atom stereocenters. The Labute approximate surface area is 167 Å². The molecule has 3 rings (SSSR count). The quantitative estimate of drug-likeness (QED) is 0.486. The highest BCUT2D eigenvalue weighted by Crippen LogP contribution is 2.20. The van der Waals surface area contributed by atoms with E-state index in [1.54, 1.807) is 37.5 Å². The van der Waals surface area contributed by atoms with Gasteiger partial charge in [-0.15, -0.1) is 10.2 Å². The molecule has 1 amide bonds. The summed E-state index contributed by atoms with van der Waals surface area (Å²) in [6, 6.07) is 14.6. The third kappa shape index (κ3) is 4.98. The Morgan fingerprint density at radius 2 is 1.82 bits per heavy atom. The number of nitrogens with one attached hydrogen (secondary N) is 1. The van der Waals surface area contributed by atoms with E-state index in [0.717, 1.165) is 5.69 Å².